The van der Waals surface area contributed by atoms with E-state index in [-0.39, 0.29) is 29.5 Å². The van der Waals surface area contributed by atoms with Crippen LogP contribution < -0.4 is 0 Å². The molecule has 0 bridgehead atoms. The van der Waals surface area contributed by atoms with E-state index in [4.69, 9.17) is 18.9 Å². The number of rotatable bonds is 10. The number of carbonyl (C=O) groups is 1. The van der Waals surface area contributed by atoms with Crippen LogP contribution in [0.4, 0.5) is 0 Å². The number of hydrogen-bond acceptors (Lipinski definition) is 14. The van der Waals surface area contributed by atoms with Crippen molar-refractivity contribution in [3.63, 3.8) is 0 Å². The van der Waals surface area contributed by atoms with Crippen molar-refractivity contribution in [2.75, 3.05) is 13.2 Å². The number of ether oxygens (including phenoxy) is 4. The van der Waals surface area contributed by atoms with Crippen molar-refractivity contribution >= 4 is 5.78 Å². The third-order valence-electron chi connectivity index (χ3n) is 16.4. The molecule has 2 aliphatic heterocycles. The van der Waals surface area contributed by atoms with Crippen molar-refractivity contribution in [3.8, 4) is 0 Å². The summed E-state index contributed by atoms with van der Waals surface area (Å²) in [6, 6.07) is 0. The van der Waals surface area contributed by atoms with Crippen molar-refractivity contribution in [3.05, 3.63) is 11.6 Å². The van der Waals surface area contributed by atoms with Crippen LogP contribution in [0.25, 0.3) is 0 Å². The smallest absolute Gasteiger partial charge is 0.187 e. The fourth-order valence-corrected chi connectivity index (χ4v) is 13.3. The lowest BCUT2D eigenvalue weighted by atomic mass is 9.34. The van der Waals surface area contributed by atoms with Gasteiger partial charge in [0.2, 0.25) is 0 Å². The summed E-state index contributed by atoms with van der Waals surface area (Å²) >= 11 is 0. The monoisotopic (exact) mass is 798 g/mol. The van der Waals surface area contributed by atoms with Crippen LogP contribution >= 0.6 is 0 Å². The molecule has 6 fully saturated rings. The highest BCUT2D eigenvalue weighted by atomic mass is 16.7. The minimum absolute atomic E-state index is 0.0414. The maximum Gasteiger partial charge on any atom is 0.187 e. The molecule has 14 nitrogen and oxygen atoms in total. The second-order valence-electron chi connectivity index (χ2n) is 20.0. The Morgan fingerprint density at radius 2 is 1.39 bits per heavy atom. The molecule has 6 rings (SSSR count). The van der Waals surface area contributed by atoms with E-state index in [0.717, 1.165) is 5.57 Å². The maximum atomic E-state index is 13.7. The first-order valence-electron chi connectivity index (χ1n) is 20.8. The number of Topliss-reactive ketones (excluding diaryl/α,β-unsaturated/α-hetero) is 1. The molecule has 20 unspecified atom stereocenters. The Morgan fingerprint density at radius 1 is 0.821 bits per heavy atom. The molecular weight excluding hydrogens is 728 g/mol. The molecule has 14 heteroatoms. The molecule has 6 aliphatic rings. The first-order chi connectivity index (χ1) is 26.0. The van der Waals surface area contributed by atoms with E-state index in [0.29, 0.717) is 51.4 Å². The number of fused-ring (bicyclic) bond motifs is 5. The third kappa shape index (κ3) is 6.97. The normalized spacial score (nSPS) is 51.3. The van der Waals surface area contributed by atoms with Crippen LogP contribution in [0.1, 0.15) is 107 Å². The molecule has 4 aliphatic carbocycles. The van der Waals surface area contributed by atoms with Crippen molar-refractivity contribution in [2.45, 2.75) is 186 Å². The average molecular weight is 799 g/mol. The van der Waals surface area contributed by atoms with Gasteiger partial charge in [-0.25, -0.2) is 0 Å². The first kappa shape index (κ1) is 44.4. The predicted molar refractivity (Wildman–Crippen MR) is 201 cm³/mol. The average Bonchev–Trinajstić information content (AvgIpc) is 3.52. The van der Waals surface area contributed by atoms with Gasteiger partial charge in [0.05, 0.1) is 31.0 Å². The lowest BCUT2D eigenvalue weighted by Gasteiger charge is -2.71. The van der Waals surface area contributed by atoms with Gasteiger partial charge in [0, 0.05) is 17.8 Å². The molecule has 0 aromatic heterocycles. The third-order valence-corrected chi connectivity index (χ3v) is 16.4. The summed E-state index contributed by atoms with van der Waals surface area (Å²) < 4.78 is 25.3. The molecule has 20 atom stereocenters. The number of ketones is 1. The molecule has 9 N–H and O–H groups in total. The summed E-state index contributed by atoms with van der Waals surface area (Å²) in [5, 5.41) is 97.1. The highest BCUT2D eigenvalue weighted by molar-refractivity contribution is 5.85. The van der Waals surface area contributed by atoms with Gasteiger partial charge in [-0.15, -0.1) is 0 Å². The van der Waals surface area contributed by atoms with Crippen molar-refractivity contribution in [1.82, 2.24) is 0 Å². The fraction of sp³-hybridized carbons (Fsp3) is 0.929. The van der Waals surface area contributed by atoms with Crippen LogP contribution in [-0.4, -0.2) is 144 Å². The lowest BCUT2D eigenvalue weighted by Crippen LogP contribution is -2.70. The zero-order valence-corrected chi connectivity index (χ0v) is 34.5. The second kappa shape index (κ2) is 15.7. The molecule has 2 saturated heterocycles. The Balaban J connectivity index is 1.39. The Bertz CT molecular complexity index is 1450. The summed E-state index contributed by atoms with van der Waals surface area (Å²) in [5.74, 6) is -0.852. The number of hydrogen-bond donors (Lipinski definition) is 9. The summed E-state index contributed by atoms with van der Waals surface area (Å²) in [6.07, 6.45) is -9.52. The van der Waals surface area contributed by atoms with Gasteiger partial charge in [-0.1, -0.05) is 46.3 Å². The molecule has 0 spiro atoms. The summed E-state index contributed by atoms with van der Waals surface area (Å²) in [5.41, 5.74) is -2.25. The van der Waals surface area contributed by atoms with E-state index >= 15 is 0 Å². The lowest BCUT2D eigenvalue weighted by molar-refractivity contribution is -0.344. The van der Waals surface area contributed by atoms with Crippen molar-refractivity contribution in [1.29, 1.82) is 0 Å². The summed E-state index contributed by atoms with van der Waals surface area (Å²) in [6.45, 7) is 15.4. The van der Waals surface area contributed by atoms with Gasteiger partial charge in [0.25, 0.3) is 0 Å². The van der Waals surface area contributed by atoms with E-state index in [9.17, 15) is 50.8 Å². The zero-order valence-electron chi connectivity index (χ0n) is 34.5. The first-order valence-corrected chi connectivity index (χ1v) is 20.8. The van der Waals surface area contributed by atoms with Crippen LogP contribution in [0, 0.1) is 45.3 Å². The van der Waals surface area contributed by atoms with Crippen molar-refractivity contribution in [2.24, 2.45) is 45.3 Å². The van der Waals surface area contributed by atoms with Gasteiger partial charge in [-0.3, -0.25) is 4.79 Å². The fourth-order valence-electron chi connectivity index (χ4n) is 13.3. The molecular formula is C42H70O14. The Labute approximate surface area is 331 Å². The minimum atomic E-state index is -1.62. The topological polar surface area (TPSA) is 236 Å². The van der Waals surface area contributed by atoms with Crippen molar-refractivity contribution < 1.29 is 69.7 Å². The van der Waals surface area contributed by atoms with Crippen LogP contribution in [0.15, 0.2) is 11.6 Å². The molecule has 0 aromatic rings. The van der Waals surface area contributed by atoms with Gasteiger partial charge in [-0.2, -0.15) is 0 Å². The van der Waals surface area contributed by atoms with E-state index in [1.54, 1.807) is 0 Å². The maximum absolute atomic E-state index is 13.7. The Hall–Kier alpha value is -1.11. The second-order valence-corrected chi connectivity index (χ2v) is 20.0. The SMILES string of the molecule is CC(C)=CCCC(C)(OC1OC(CO)C(O)C(O)C1O)C1CCC2(C)C1C(O)CC1C3(C)CCC(=O)C(C)(C)C3C(OC3OC(CO)C(O)C(O)C3O)CC12C. The molecule has 0 aromatic carbocycles. The van der Waals surface area contributed by atoms with Gasteiger partial charge in [-0.05, 0) is 99.7 Å². The summed E-state index contributed by atoms with van der Waals surface area (Å²) in [7, 11) is 0. The molecule has 2 heterocycles. The minimum Gasteiger partial charge on any atom is -0.394 e. The summed E-state index contributed by atoms with van der Waals surface area (Å²) in [4.78, 5) is 13.7. The van der Waals surface area contributed by atoms with E-state index < -0.39 is 114 Å². The van der Waals surface area contributed by atoms with E-state index in [2.05, 4.69) is 26.8 Å². The van der Waals surface area contributed by atoms with Gasteiger partial charge in [0.15, 0.2) is 12.6 Å². The number of aliphatic hydroxyl groups is 9. The highest BCUT2D eigenvalue weighted by Gasteiger charge is 2.74. The van der Waals surface area contributed by atoms with Crippen LogP contribution in [0.2, 0.25) is 0 Å². The van der Waals surface area contributed by atoms with Gasteiger partial charge >= 0.3 is 0 Å². The molecule has 0 amide bonds. The zero-order chi connectivity index (χ0) is 41.5. The predicted octanol–water partition coefficient (Wildman–Crippen LogP) is 1.33. The molecule has 4 saturated carbocycles. The van der Waals surface area contributed by atoms with E-state index in [1.165, 1.54) is 0 Å². The van der Waals surface area contributed by atoms with Gasteiger partial charge in [0.1, 0.15) is 54.6 Å². The highest BCUT2D eigenvalue weighted by Crippen LogP contribution is 2.76. The van der Waals surface area contributed by atoms with Crippen LogP contribution in [0.3, 0.4) is 0 Å². The quantitative estimate of drug-likeness (QED) is 0.112. The van der Waals surface area contributed by atoms with E-state index in [1.807, 2.05) is 34.6 Å². The van der Waals surface area contributed by atoms with Gasteiger partial charge < -0.3 is 64.9 Å². The number of aliphatic hydroxyl groups excluding tert-OH is 9. The number of allylic oxidation sites excluding steroid dienone is 2. The molecule has 322 valence electrons. The molecule has 0 radical (unpaired) electrons. The van der Waals surface area contributed by atoms with Crippen LogP contribution in [0.5, 0.6) is 0 Å². The van der Waals surface area contributed by atoms with Crippen LogP contribution in [-0.2, 0) is 23.7 Å². The number of carbonyl (C=O) groups excluding carboxylic acids is 1. The molecule has 56 heavy (non-hydrogen) atoms. The largest absolute Gasteiger partial charge is 0.394 e. The Morgan fingerprint density at radius 3 is 1.96 bits per heavy atom. The standard InChI is InChI=1S/C42H70O14/c1-20(2)10-9-13-42(8,56-37-34(52)32(50)30(48)25(19-44)55-37)21-11-15-40(6)28(21)22(45)16-26-39(5)14-12-27(46)38(3,4)35(39)23(17-41(26,40)7)53-36-33(51)31(49)29(47)24(18-43)54-36/h10,21-26,28-37,43-45,47-52H,9,11-19H2,1-8H3. The Kier molecular flexibility index (Phi) is 12.5.